The van der Waals surface area contributed by atoms with Crippen LogP contribution in [0.3, 0.4) is 0 Å². The monoisotopic (exact) mass is 258 g/mol. The second-order valence-electron chi connectivity index (χ2n) is 4.40. The van der Waals surface area contributed by atoms with Crippen molar-refractivity contribution in [3.8, 4) is 0 Å². The van der Waals surface area contributed by atoms with Crippen molar-refractivity contribution in [2.24, 2.45) is 5.92 Å². The van der Waals surface area contributed by atoms with E-state index in [4.69, 9.17) is 11.6 Å². The lowest BCUT2D eigenvalue weighted by Crippen LogP contribution is -2.38. The van der Waals surface area contributed by atoms with E-state index in [1.807, 2.05) is 20.8 Å². The maximum absolute atomic E-state index is 12.1. The minimum Gasteiger partial charge on any atom is -0.297 e. The van der Waals surface area contributed by atoms with Gasteiger partial charge in [0.15, 0.2) is 0 Å². The molecule has 0 aliphatic rings. The number of rotatable bonds is 5. The SMILES string of the molecule is CCCc1c(Cl)[nH]c(=O)n(CC(C)CC)c1=O. The van der Waals surface area contributed by atoms with Crippen molar-refractivity contribution in [2.75, 3.05) is 0 Å². The van der Waals surface area contributed by atoms with Crippen molar-refractivity contribution in [1.82, 2.24) is 9.55 Å². The third-order valence-corrected chi connectivity index (χ3v) is 3.24. The summed E-state index contributed by atoms with van der Waals surface area (Å²) in [6.45, 7) is 6.46. The van der Waals surface area contributed by atoms with E-state index in [0.717, 1.165) is 12.8 Å². The van der Waals surface area contributed by atoms with E-state index in [1.165, 1.54) is 4.57 Å². The first kappa shape index (κ1) is 14.0. The normalized spacial score (nSPS) is 12.7. The number of H-pyrrole nitrogens is 1. The van der Waals surface area contributed by atoms with Crippen LogP contribution in [-0.4, -0.2) is 9.55 Å². The van der Waals surface area contributed by atoms with Crippen LogP contribution in [0, 0.1) is 5.92 Å². The number of aromatic nitrogens is 2. The molecule has 1 aromatic heterocycles. The van der Waals surface area contributed by atoms with Crippen LogP contribution in [0.2, 0.25) is 5.15 Å². The predicted molar refractivity (Wildman–Crippen MR) is 69.8 cm³/mol. The zero-order valence-corrected chi connectivity index (χ0v) is 11.3. The summed E-state index contributed by atoms with van der Waals surface area (Å²) in [5.41, 5.74) is -0.155. The molecule has 0 amide bonds. The molecule has 5 heteroatoms. The zero-order valence-electron chi connectivity index (χ0n) is 10.5. The molecule has 0 aromatic carbocycles. The van der Waals surface area contributed by atoms with Gasteiger partial charge in [-0.05, 0) is 12.3 Å². The van der Waals surface area contributed by atoms with Crippen LogP contribution in [0.15, 0.2) is 9.59 Å². The van der Waals surface area contributed by atoms with Crippen molar-refractivity contribution in [2.45, 2.75) is 46.6 Å². The van der Waals surface area contributed by atoms with E-state index in [0.29, 0.717) is 24.4 Å². The molecule has 0 spiro atoms. The molecule has 0 saturated heterocycles. The largest absolute Gasteiger partial charge is 0.329 e. The third-order valence-electron chi connectivity index (χ3n) is 2.92. The van der Waals surface area contributed by atoms with Crippen LogP contribution in [0.25, 0.3) is 0 Å². The maximum Gasteiger partial charge on any atom is 0.329 e. The van der Waals surface area contributed by atoms with E-state index in [-0.39, 0.29) is 10.7 Å². The fourth-order valence-electron chi connectivity index (χ4n) is 1.66. The number of hydrogen-bond donors (Lipinski definition) is 1. The summed E-state index contributed by atoms with van der Waals surface area (Å²) in [4.78, 5) is 26.3. The third kappa shape index (κ3) is 3.22. The Balaban J connectivity index is 3.26. The predicted octanol–water partition coefficient (Wildman–Crippen LogP) is 2.19. The van der Waals surface area contributed by atoms with Crippen molar-refractivity contribution < 1.29 is 0 Å². The van der Waals surface area contributed by atoms with Gasteiger partial charge in [-0.1, -0.05) is 45.2 Å². The molecular weight excluding hydrogens is 240 g/mol. The van der Waals surface area contributed by atoms with Crippen molar-refractivity contribution in [3.63, 3.8) is 0 Å². The van der Waals surface area contributed by atoms with E-state index in [2.05, 4.69) is 4.98 Å². The van der Waals surface area contributed by atoms with Gasteiger partial charge in [0, 0.05) is 6.54 Å². The van der Waals surface area contributed by atoms with Crippen molar-refractivity contribution >= 4 is 11.6 Å². The Labute approximate surface area is 106 Å². The van der Waals surface area contributed by atoms with E-state index in [1.54, 1.807) is 0 Å². The van der Waals surface area contributed by atoms with Crippen LogP contribution in [-0.2, 0) is 13.0 Å². The highest BCUT2D eigenvalue weighted by Gasteiger charge is 2.13. The molecule has 1 atom stereocenters. The Morgan fingerprint density at radius 1 is 1.35 bits per heavy atom. The van der Waals surface area contributed by atoms with Gasteiger partial charge in [0.25, 0.3) is 5.56 Å². The number of halogens is 1. The summed E-state index contributed by atoms with van der Waals surface area (Å²) in [6.07, 6.45) is 2.34. The first-order valence-corrected chi connectivity index (χ1v) is 6.40. The minimum atomic E-state index is -0.417. The van der Waals surface area contributed by atoms with Gasteiger partial charge < -0.3 is 0 Å². The lowest BCUT2D eigenvalue weighted by atomic mass is 10.1. The number of aromatic amines is 1. The standard InChI is InChI=1S/C12H19ClN2O2/c1-4-6-9-10(13)14-12(17)15(11(9)16)7-8(3)5-2/h8H,4-7H2,1-3H3,(H,14,17). The molecule has 0 aliphatic carbocycles. The first-order valence-electron chi connectivity index (χ1n) is 6.02. The van der Waals surface area contributed by atoms with Crippen molar-refractivity contribution in [3.05, 3.63) is 31.6 Å². The van der Waals surface area contributed by atoms with Crippen LogP contribution in [0.4, 0.5) is 0 Å². The molecule has 0 bridgehead atoms. The van der Waals surface area contributed by atoms with Crippen LogP contribution in [0.1, 0.15) is 39.2 Å². The highest BCUT2D eigenvalue weighted by molar-refractivity contribution is 6.30. The average molecular weight is 259 g/mol. The summed E-state index contributed by atoms with van der Waals surface area (Å²) in [5, 5.41) is 0.183. The van der Waals surface area contributed by atoms with Gasteiger partial charge in [-0.3, -0.25) is 14.3 Å². The van der Waals surface area contributed by atoms with Crippen LogP contribution < -0.4 is 11.2 Å². The first-order chi connectivity index (χ1) is 8.01. The molecule has 1 aromatic rings. The smallest absolute Gasteiger partial charge is 0.297 e. The van der Waals surface area contributed by atoms with Crippen LogP contribution in [0.5, 0.6) is 0 Å². The average Bonchev–Trinajstić information content (AvgIpc) is 2.29. The topological polar surface area (TPSA) is 54.9 Å². The highest BCUT2D eigenvalue weighted by atomic mass is 35.5. The molecule has 1 N–H and O–H groups in total. The van der Waals surface area contributed by atoms with E-state index >= 15 is 0 Å². The number of nitrogens with zero attached hydrogens (tertiary/aromatic N) is 1. The Morgan fingerprint density at radius 2 is 2.00 bits per heavy atom. The Hall–Kier alpha value is -1.03. The summed E-state index contributed by atoms with van der Waals surface area (Å²) in [7, 11) is 0. The lowest BCUT2D eigenvalue weighted by molar-refractivity contribution is 0.444. The highest BCUT2D eigenvalue weighted by Crippen LogP contribution is 2.09. The molecule has 0 fully saturated rings. The summed E-state index contributed by atoms with van der Waals surface area (Å²) >= 11 is 5.89. The molecule has 0 radical (unpaired) electrons. The Kier molecular flexibility index (Phi) is 5.00. The van der Waals surface area contributed by atoms with Gasteiger partial charge >= 0.3 is 5.69 Å². The maximum atomic E-state index is 12.1. The van der Waals surface area contributed by atoms with E-state index < -0.39 is 5.69 Å². The van der Waals surface area contributed by atoms with Crippen LogP contribution >= 0.6 is 11.6 Å². The second kappa shape index (κ2) is 6.05. The van der Waals surface area contributed by atoms with Gasteiger partial charge in [0.1, 0.15) is 5.15 Å². The number of nitrogens with one attached hydrogen (secondary N) is 1. The molecule has 1 unspecified atom stereocenters. The second-order valence-corrected chi connectivity index (χ2v) is 4.78. The molecule has 1 heterocycles. The summed E-state index contributed by atoms with van der Waals surface area (Å²) in [5.74, 6) is 0.296. The fourth-order valence-corrected chi connectivity index (χ4v) is 1.92. The molecule has 96 valence electrons. The van der Waals surface area contributed by atoms with Gasteiger partial charge in [-0.2, -0.15) is 0 Å². The quantitative estimate of drug-likeness (QED) is 0.823. The summed E-state index contributed by atoms with van der Waals surface area (Å²) < 4.78 is 1.25. The molecule has 1 rings (SSSR count). The molecule has 4 nitrogen and oxygen atoms in total. The van der Waals surface area contributed by atoms with Gasteiger partial charge in [0.05, 0.1) is 5.56 Å². The molecular formula is C12H19ClN2O2. The fraction of sp³-hybridized carbons (Fsp3) is 0.667. The lowest BCUT2D eigenvalue weighted by Gasteiger charge is -2.12. The van der Waals surface area contributed by atoms with Gasteiger partial charge in [-0.25, -0.2) is 4.79 Å². The molecule has 17 heavy (non-hydrogen) atoms. The van der Waals surface area contributed by atoms with Gasteiger partial charge in [-0.15, -0.1) is 0 Å². The Morgan fingerprint density at radius 3 is 2.53 bits per heavy atom. The van der Waals surface area contributed by atoms with Gasteiger partial charge in [0.2, 0.25) is 0 Å². The minimum absolute atomic E-state index is 0.183. The Bertz CT molecular complexity index is 490. The summed E-state index contributed by atoms with van der Waals surface area (Å²) in [6, 6.07) is 0. The zero-order chi connectivity index (χ0) is 13.0. The molecule has 0 aliphatic heterocycles. The van der Waals surface area contributed by atoms with Crippen molar-refractivity contribution in [1.29, 1.82) is 0 Å². The number of hydrogen-bond acceptors (Lipinski definition) is 2. The van der Waals surface area contributed by atoms with E-state index in [9.17, 15) is 9.59 Å². The molecule has 0 saturated carbocycles.